The molecule has 10 atom stereocenters. The zero-order chi connectivity index (χ0) is 62.7. The lowest BCUT2D eigenvalue weighted by molar-refractivity contribution is -0.149. The van der Waals surface area contributed by atoms with Gasteiger partial charge in [-0.3, -0.25) is 43.8 Å². The number of nitrogens with one attached hydrogen (secondary N) is 3. The van der Waals surface area contributed by atoms with Crippen molar-refractivity contribution in [3.63, 3.8) is 0 Å². The number of rotatable bonds is 29. The number of aliphatic hydroxyl groups excluding tert-OH is 1. The monoisotopic (exact) mass is 1180 g/mol. The minimum atomic E-state index is -1.01. The van der Waals surface area contributed by atoms with Crippen molar-refractivity contribution in [1.29, 1.82) is 0 Å². The van der Waals surface area contributed by atoms with Gasteiger partial charge in [0.1, 0.15) is 12.4 Å². The van der Waals surface area contributed by atoms with Gasteiger partial charge in [-0.2, -0.15) is 0 Å². The fraction of sp³-hybridized carbons (Fsp3) is 0.609. The first-order chi connectivity index (χ1) is 40.4. The van der Waals surface area contributed by atoms with Crippen molar-refractivity contribution in [2.24, 2.45) is 29.6 Å². The van der Waals surface area contributed by atoms with Gasteiger partial charge in [-0.15, -0.1) is 0 Å². The number of hydrogen-bond acceptors (Lipinski definition) is 14. The first-order valence-electron chi connectivity index (χ1n) is 30.1. The Balaban J connectivity index is 1.26. The molecule has 2 heterocycles. The predicted molar refractivity (Wildman–Crippen MR) is 320 cm³/mol. The lowest BCUT2D eigenvalue weighted by Gasteiger charge is -2.41. The van der Waals surface area contributed by atoms with Crippen LogP contribution < -0.4 is 16.0 Å². The van der Waals surface area contributed by atoms with E-state index in [0.717, 1.165) is 49.2 Å². The summed E-state index contributed by atoms with van der Waals surface area (Å²) in [4.78, 5) is 128. The van der Waals surface area contributed by atoms with E-state index in [9.17, 15) is 48.3 Å². The van der Waals surface area contributed by atoms with Crippen LogP contribution in [-0.4, -0.2) is 162 Å². The average molecular weight is 1180 g/mol. The van der Waals surface area contributed by atoms with E-state index in [1.54, 1.807) is 62.7 Å². The summed E-state index contributed by atoms with van der Waals surface area (Å²) in [6.07, 6.45) is 7.16. The van der Waals surface area contributed by atoms with Crippen LogP contribution in [0.25, 0.3) is 0 Å². The number of allylic oxidation sites excluding steroid dienone is 2. The number of nitrogens with zero attached hydrogens (tertiary/aromatic N) is 4. The molecule has 21 nitrogen and oxygen atoms in total. The number of likely N-dealkylation sites (N-methyl/N-ethyl adjacent to an activating group) is 2. The van der Waals surface area contributed by atoms with Gasteiger partial charge >= 0.3 is 12.2 Å². The molecule has 1 fully saturated rings. The van der Waals surface area contributed by atoms with Gasteiger partial charge in [0.2, 0.25) is 17.7 Å². The van der Waals surface area contributed by atoms with Crippen molar-refractivity contribution in [3.05, 3.63) is 89.2 Å². The van der Waals surface area contributed by atoms with Crippen LogP contribution in [0.3, 0.4) is 0 Å². The standard InChI is InChI=1S/C64H93N7O14/c1-13-41(6)57(52(82-11)37-55(75)70-33-22-27-50(70)59(83-12)42(7)60(77)66-43(8)58(76)45-23-18-17-19-24-45)68(9)62(79)47(39(2)3)36-51(72)56(40(4)5)69(10)64(81)84-38-44-28-29-49(67-63(80)85-46-25-20-15-14-16-21-26-46)48(35-44)61(78)65-32-34-71-53(73)30-31-54(71)74/h17-19,23-25,28-31,35,39-43,47,50,52,56-59,76H,13-16,20-22,26-27,32-34,36-38H2,1-12H3,(H,65,78)(H,66,77)(H,67,80)/b46-25+/t41-,42+,43+,47-,50-,52+,56-,57-,58+,59+/m0/s1. The molecule has 0 spiro atoms. The van der Waals surface area contributed by atoms with Crippen molar-refractivity contribution in [3.8, 4) is 0 Å². The number of imide groups is 1. The summed E-state index contributed by atoms with van der Waals surface area (Å²) in [6, 6.07) is 10.9. The first kappa shape index (κ1) is 68.8. The maximum atomic E-state index is 14.9. The van der Waals surface area contributed by atoms with Gasteiger partial charge in [0.05, 0.1) is 66.1 Å². The molecule has 0 aromatic heterocycles. The third kappa shape index (κ3) is 18.8. The van der Waals surface area contributed by atoms with Crippen LogP contribution >= 0.6 is 0 Å². The van der Waals surface area contributed by atoms with Crippen LogP contribution in [0.4, 0.5) is 15.3 Å². The van der Waals surface area contributed by atoms with E-state index in [-0.39, 0.29) is 79.1 Å². The highest BCUT2D eigenvalue weighted by atomic mass is 16.6. The quantitative estimate of drug-likeness (QED) is 0.0561. The Morgan fingerprint density at radius 2 is 1.49 bits per heavy atom. The Labute approximate surface area is 501 Å². The van der Waals surface area contributed by atoms with Crippen LogP contribution in [0.15, 0.2) is 72.5 Å². The number of ketones is 1. The number of likely N-dealkylation sites (tertiary alicyclic amines) is 1. The van der Waals surface area contributed by atoms with Crippen LogP contribution in [0, 0.1) is 29.6 Å². The SMILES string of the molecule is CC[C@H](C)[C@@H]([C@@H](CC(=O)N1CCC[C@H]1[C@H](OC)[C@@H](C)C(=O)N[C@H](C)[C@@H](O)c1ccccc1)OC)N(C)C(=O)[C@@H](CC(=O)[C@H](C(C)C)N(C)C(=O)OCc1ccc(NC(=O)O/C2=C/CCCCCC2)c(C(=O)NCCN2C(=O)C=CC2=O)c1)C(C)C. The van der Waals surface area contributed by atoms with E-state index in [4.69, 9.17) is 18.9 Å². The molecule has 85 heavy (non-hydrogen) atoms. The summed E-state index contributed by atoms with van der Waals surface area (Å²) in [6.45, 7) is 14.7. The molecule has 4 N–H and O–H groups in total. The van der Waals surface area contributed by atoms with Crippen molar-refractivity contribution in [2.45, 2.75) is 175 Å². The molecule has 2 aliphatic heterocycles. The molecule has 3 aliphatic rings. The Hall–Kier alpha value is -6.97. The Kier molecular flexibility index (Phi) is 26.8. The Bertz CT molecular complexity index is 2680. The molecule has 0 bridgehead atoms. The average Bonchev–Trinajstić information content (AvgIpc) is 3.70. The normalized spacial score (nSPS) is 19.2. The fourth-order valence-corrected chi connectivity index (χ4v) is 11.8. The van der Waals surface area contributed by atoms with Gasteiger partial charge in [0.15, 0.2) is 5.78 Å². The van der Waals surface area contributed by atoms with E-state index < -0.39 is 90.1 Å². The summed E-state index contributed by atoms with van der Waals surface area (Å²) in [5.41, 5.74) is 1.11. The molecule has 2 aromatic carbocycles. The number of ether oxygens (including phenoxy) is 4. The second-order valence-electron chi connectivity index (χ2n) is 23.6. The highest BCUT2D eigenvalue weighted by molar-refractivity contribution is 6.13. The number of benzene rings is 2. The van der Waals surface area contributed by atoms with Crippen molar-refractivity contribution in [2.75, 3.05) is 53.3 Å². The number of Topliss-reactive ketones (excluding diaryl/α,β-unsaturated/α-hetero) is 1. The van der Waals surface area contributed by atoms with Gasteiger partial charge < -0.3 is 49.4 Å². The maximum Gasteiger partial charge on any atom is 0.416 e. The van der Waals surface area contributed by atoms with Gasteiger partial charge in [-0.05, 0) is 86.1 Å². The number of carbonyl (C=O) groups is 9. The first-order valence-corrected chi connectivity index (χ1v) is 30.1. The van der Waals surface area contributed by atoms with Crippen LogP contribution in [-0.2, 0) is 54.3 Å². The zero-order valence-corrected chi connectivity index (χ0v) is 51.9. The van der Waals surface area contributed by atoms with Gasteiger partial charge in [-0.25, -0.2) is 9.59 Å². The number of anilines is 1. The number of aliphatic hydroxyl groups is 1. The third-order valence-electron chi connectivity index (χ3n) is 16.9. The summed E-state index contributed by atoms with van der Waals surface area (Å²) in [5, 5.41) is 19.2. The van der Waals surface area contributed by atoms with Gasteiger partial charge in [0, 0.05) is 78.9 Å². The van der Waals surface area contributed by atoms with E-state index in [1.807, 2.05) is 52.0 Å². The van der Waals surface area contributed by atoms with Gasteiger partial charge in [-0.1, -0.05) is 104 Å². The topological polar surface area (TPSA) is 260 Å². The Morgan fingerprint density at radius 1 is 0.812 bits per heavy atom. The summed E-state index contributed by atoms with van der Waals surface area (Å²) >= 11 is 0. The third-order valence-corrected chi connectivity index (χ3v) is 16.9. The summed E-state index contributed by atoms with van der Waals surface area (Å²) < 4.78 is 23.5. The molecule has 0 saturated carbocycles. The number of carbonyl (C=O) groups excluding carboxylic acids is 9. The summed E-state index contributed by atoms with van der Waals surface area (Å²) in [7, 11) is 6.16. The Morgan fingerprint density at radius 3 is 2.13 bits per heavy atom. The number of methoxy groups -OCH3 is 2. The van der Waals surface area contributed by atoms with E-state index in [0.29, 0.717) is 49.1 Å². The van der Waals surface area contributed by atoms with Crippen LogP contribution in [0.5, 0.6) is 0 Å². The van der Waals surface area contributed by atoms with Gasteiger partial charge in [0.25, 0.3) is 17.7 Å². The van der Waals surface area contributed by atoms with Crippen LogP contribution in [0.2, 0.25) is 0 Å². The van der Waals surface area contributed by atoms with Crippen LogP contribution in [0.1, 0.15) is 154 Å². The van der Waals surface area contributed by atoms with Crippen molar-refractivity contribution in [1.82, 2.24) is 30.2 Å². The van der Waals surface area contributed by atoms with E-state index in [2.05, 4.69) is 16.0 Å². The number of hydrogen-bond donors (Lipinski definition) is 4. The summed E-state index contributed by atoms with van der Waals surface area (Å²) in [5.74, 6) is -4.75. The molecule has 1 saturated heterocycles. The predicted octanol–water partition coefficient (Wildman–Crippen LogP) is 8.11. The van der Waals surface area contributed by atoms with Crippen molar-refractivity contribution < 1.29 is 67.2 Å². The molecule has 1 aliphatic carbocycles. The lowest BCUT2D eigenvalue weighted by atomic mass is 9.83. The maximum absolute atomic E-state index is 14.9. The molecule has 8 amide bonds. The highest BCUT2D eigenvalue weighted by Crippen LogP contribution is 2.32. The molecular weight excluding hydrogens is 1090 g/mol. The van der Waals surface area contributed by atoms with E-state index in [1.165, 1.54) is 38.3 Å². The molecule has 0 radical (unpaired) electrons. The minimum Gasteiger partial charge on any atom is -0.445 e. The number of amides is 8. The van der Waals surface area contributed by atoms with E-state index >= 15 is 0 Å². The molecule has 2 aromatic rings. The smallest absolute Gasteiger partial charge is 0.416 e. The lowest BCUT2D eigenvalue weighted by Crippen LogP contribution is -2.55. The molecule has 5 rings (SSSR count). The largest absolute Gasteiger partial charge is 0.445 e. The fourth-order valence-electron chi connectivity index (χ4n) is 11.8. The molecule has 468 valence electrons. The second kappa shape index (κ2) is 33.1. The molecule has 0 unspecified atom stereocenters. The minimum absolute atomic E-state index is 0.0112. The second-order valence-corrected chi connectivity index (χ2v) is 23.6. The molecular formula is C64H93N7O14. The highest BCUT2D eigenvalue weighted by Gasteiger charge is 2.44. The zero-order valence-electron chi connectivity index (χ0n) is 51.9. The van der Waals surface area contributed by atoms with Crippen molar-refractivity contribution >= 4 is 59.1 Å². The molecule has 21 heteroatoms.